The van der Waals surface area contributed by atoms with E-state index in [1.54, 1.807) is 6.26 Å². The zero-order chi connectivity index (χ0) is 17.4. The summed E-state index contributed by atoms with van der Waals surface area (Å²) in [5, 5.41) is 7.17. The van der Waals surface area contributed by atoms with Gasteiger partial charge in [-0.1, -0.05) is 6.92 Å². The zero-order valence-corrected chi connectivity index (χ0v) is 18.5. The summed E-state index contributed by atoms with van der Waals surface area (Å²) in [4.78, 5) is 7.31. The van der Waals surface area contributed by atoms with Gasteiger partial charge in [-0.05, 0) is 52.2 Å². The third-order valence-corrected chi connectivity index (χ3v) is 4.80. The number of aliphatic imine (C=N–C) groups is 1. The smallest absolute Gasteiger partial charge is 0.191 e. The van der Waals surface area contributed by atoms with E-state index in [0.29, 0.717) is 18.1 Å². The van der Waals surface area contributed by atoms with Crippen LogP contribution >= 0.6 is 24.0 Å². The highest BCUT2D eigenvalue weighted by atomic mass is 127. The molecule has 6 heteroatoms. The van der Waals surface area contributed by atoms with Crippen molar-refractivity contribution in [2.24, 2.45) is 4.99 Å². The highest BCUT2D eigenvalue weighted by molar-refractivity contribution is 14.0. The van der Waals surface area contributed by atoms with Crippen molar-refractivity contribution in [2.75, 3.05) is 19.6 Å². The number of guanidine groups is 1. The Morgan fingerprint density at radius 3 is 2.60 bits per heavy atom. The van der Waals surface area contributed by atoms with Gasteiger partial charge in [0.2, 0.25) is 0 Å². The van der Waals surface area contributed by atoms with Gasteiger partial charge in [0.05, 0.1) is 6.26 Å². The largest absolute Gasteiger partial charge is 0.469 e. The van der Waals surface area contributed by atoms with Crippen LogP contribution in [-0.4, -0.2) is 48.6 Å². The molecule has 0 amide bonds. The fourth-order valence-electron chi connectivity index (χ4n) is 2.95. The number of piperidine rings is 1. The number of nitrogens with one attached hydrogen (secondary N) is 2. The summed E-state index contributed by atoms with van der Waals surface area (Å²) >= 11 is 0. The fourth-order valence-corrected chi connectivity index (χ4v) is 2.95. The van der Waals surface area contributed by atoms with Crippen molar-refractivity contribution in [2.45, 2.75) is 71.5 Å². The van der Waals surface area contributed by atoms with Crippen molar-refractivity contribution in [1.29, 1.82) is 0 Å². The first-order valence-corrected chi connectivity index (χ1v) is 9.42. The standard InChI is InChI=1S/C19H34N4O.HI/c1-5-16(4)21-19(20-11-8-18-7-6-14-24-18)22-17-9-12-23(13-10-17)15(2)3;/h6-7,14-17H,5,8-13H2,1-4H3,(H2,20,21,22);1H. The Hall–Kier alpha value is -0.760. The zero-order valence-electron chi connectivity index (χ0n) is 16.1. The summed E-state index contributed by atoms with van der Waals surface area (Å²) in [5.41, 5.74) is 0. The molecule has 1 aromatic heterocycles. The molecule has 0 bridgehead atoms. The molecule has 1 aliphatic rings. The van der Waals surface area contributed by atoms with Crippen molar-refractivity contribution in [3.05, 3.63) is 24.2 Å². The lowest BCUT2D eigenvalue weighted by molar-refractivity contribution is 0.167. The maximum atomic E-state index is 5.39. The molecule has 5 nitrogen and oxygen atoms in total. The summed E-state index contributed by atoms with van der Waals surface area (Å²) in [6.45, 7) is 12.0. The summed E-state index contributed by atoms with van der Waals surface area (Å²) < 4.78 is 5.39. The second-order valence-electron chi connectivity index (χ2n) is 7.06. The van der Waals surface area contributed by atoms with Gasteiger partial charge < -0.3 is 20.0 Å². The van der Waals surface area contributed by atoms with Crippen molar-refractivity contribution >= 4 is 29.9 Å². The minimum Gasteiger partial charge on any atom is -0.469 e. The van der Waals surface area contributed by atoms with Crippen molar-refractivity contribution in [3.63, 3.8) is 0 Å². The van der Waals surface area contributed by atoms with Crippen LogP contribution in [0.2, 0.25) is 0 Å². The summed E-state index contributed by atoms with van der Waals surface area (Å²) in [5.74, 6) is 1.94. The van der Waals surface area contributed by atoms with E-state index in [1.807, 2.05) is 12.1 Å². The predicted octanol–water partition coefficient (Wildman–Crippen LogP) is 3.65. The molecule has 1 aliphatic heterocycles. The molecule has 0 spiro atoms. The van der Waals surface area contributed by atoms with E-state index in [2.05, 4.69) is 43.2 Å². The van der Waals surface area contributed by atoms with Crippen molar-refractivity contribution in [1.82, 2.24) is 15.5 Å². The van der Waals surface area contributed by atoms with Crippen LogP contribution in [0.4, 0.5) is 0 Å². The Bertz CT molecular complexity index is 482. The van der Waals surface area contributed by atoms with E-state index in [-0.39, 0.29) is 24.0 Å². The van der Waals surface area contributed by atoms with Crippen molar-refractivity contribution in [3.8, 4) is 0 Å². The molecule has 1 atom stereocenters. The average molecular weight is 462 g/mol. The maximum Gasteiger partial charge on any atom is 0.191 e. The number of nitrogens with zero attached hydrogens (tertiary/aromatic N) is 2. The van der Waals surface area contributed by atoms with Crippen LogP contribution in [0, 0.1) is 0 Å². The maximum absolute atomic E-state index is 5.39. The topological polar surface area (TPSA) is 52.8 Å². The quantitative estimate of drug-likeness (QED) is 0.369. The molecule has 0 saturated carbocycles. The molecular formula is C19H35IN4O. The fraction of sp³-hybridized carbons (Fsp3) is 0.737. The Balaban J connectivity index is 0.00000312. The van der Waals surface area contributed by atoms with Crippen LogP contribution < -0.4 is 10.6 Å². The van der Waals surface area contributed by atoms with E-state index >= 15 is 0 Å². The van der Waals surface area contributed by atoms with Crippen LogP contribution in [0.25, 0.3) is 0 Å². The second-order valence-corrected chi connectivity index (χ2v) is 7.06. The van der Waals surface area contributed by atoms with Crippen LogP contribution in [-0.2, 0) is 6.42 Å². The van der Waals surface area contributed by atoms with Gasteiger partial charge in [0.15, 0.2) is 5.96 Å². The molecule has 1 saturated heterocycles. The SMILES string of the molecule is CCC(C)NC(=NCCc1ccco1)NC1CCN(C(C)C)CC1.I. The van der Waals surface area contributed by atoms with Crippen LogP contribution in [0.5, 0.6) is 0 Å². The molecule has 1 fully saturated rings. The Morgan fingerprint density at radius 1 is 1.32 bits per heavy atom. The summed E-state index contributed by atoms with van der Waals surface area (Å²) in [6.07, 6.45) is 6.00. The van der Waals surface area contributed by atoms with Gasteiger partial charge in [0, 0.05) is 44.2 Å². The van der Waals surface area contributed by atoms with E-state index in [9.17, 15) is 0 Å². The molecule has 144 valence electrons. The molecule has 1 aromatic rings. The minimum atomic E-state index is 0. The lowest BCUT2D eigenvalue weighted by Crippen LogP contribution is -2.51. The van der Waals surface area contributed by atoms with Gasteiger partial charge in [-0.2, -0.15) is 0 Å². The van der Waals surface area contributed by atoms with E-state index < -0.39 is 0 Å². The van der Waals surface area contributed by atoms with Crippen LogP contribution in [0.15, 0.2) is 27.8 Å². The van der Waals surface area contributed by atoms with Crippen LogP contribution in [0.1, 0.15) is 52.7 Å². The lowest BCUT2D eigenvalue weighted by atomic mass is 10.0. The van der Waals surface area contributed by atoms with Gasteiger partial charge in [-0.25, -0.2) is 0 Å². The minimum absolute atomic E-state index is 0. The third kappa shape index (κ3) is 7.98. The first-order chi connectivity index (χ1) is 11.6. The normalized spacial score (nSPS) is 18.0. The molecule has 2 heterocycles. The van der Waals surface area contributed by atoms with Crippen LogP contribution in [0.3, 0.4) is 0 Å². The molecule has 25 heavy (non-hydrogen) atoms. The monoisotopic (exact) mass is 462 g/mol. The van der Waals surface area contributed by atoms with E-state index in [0.717, 1.165) is 31.1 Å². The number of rotatable bonds is 7. The molecule has 1 unspecified atom stereocenters. The average Bonchev–Trinajstić information content (AvgIpc) is 3.08. The number of hydrogen-bond donors (Lipinski definition) is 2. The molecule has 2 rings (SSSR count). The number of likely N-dealkylation sites (tertiary alicyclic amines) is 1. The van der Waals surface area contributed by atoms with Gasteiger partial charge in [-0.3, -0.25) is 4.99 Å². The van der Waals surface area contributed by atoms with Gasteiger partial charge >= 0.3 is 0 Å². The second kappa shape index (κ2) is 11.8. The van der Waals surface area contributed by atoms with E-state index in [4.69, 9.17) is 9.41 Å². The Kier molecular flexibility index (Phi) is 10.5. The number of hydrogen-bond acceptors (Lipinski definition) is 3. The van der Waals surface area contributed by atoms with Gasteiger partial charge in [0.25, 0.3) is 0 Å². The Morgan fingerprint density at radius 2 is 2.04 bits per heavy atom. The first-order valence-electron chi connectivity index (χ1n) is 9.42. The third-order valence-electron chi connectivity index (χ3n) is 4.80. The molecule has 2 N–H and O–H groups in total. The first kappa shape index (κ1) is 22.3. The predicted molar refractivity (Wildman–Crippen MR) is 116 cm³/mol. The summed E-state index contributed by atoms with van der Waals surface area (Å²) in [7, 11) is 0. The molecule has 0 aliphatic carbocycles. The molecule has 0 radical (unpaired) electrons. The van der Waals surface area contributed by atoms with Gasteiger partial charge in [0.1, 0.15) is 5.76 Å². The van der Waals surface area contributed by atoms with Gasteiger partial charge in [-0.15, -0.1) is 24.0 Å². The molecule has 0 aromatic carbocycles. The number of halogens is 1. The Labute approximate surface area is 170 Å². The lowest BCUT2D eigenvalue weighted by Gasteiger charge is -2.35. The summed E-state index contributed by atoms with van der Waals surface area (Å²) in [6, 6.07) is 5.52. The number of furan rings is 1. The van der Waals surface area contributed by atoms with Crippen molar-refractivity contribution < 1.29 is 4.42 Å². The molecular weight excluding hydrogens is 427 g/mol. The van der Waals surface area contributed by atoms with E-state index in [1.165, 1.54) is 25.9 Å². The highest BCUT2D eigenvalue weighted by Gasteiger charge is 2.21. The highest BCUT2D eigenvalue weighted by Crippen LogP contribution is 2.13.